The first-order valence-electron chi connectivity index (χ1n) is 12.9. The predicted octanol–water partition coefficient (Wildman–Crippen LogP) is 5.36. The van der Waals surface area contributed by atoms with Crippen LogP contribution in [0.1, 0.15) is 44.7 Å². The second kappa shape index (κ2) is 12.1. The normalized spacial score (nSPS) is 14.5. The van der Waals surface area contributed by atoms with Gasteiger partial charge in [-0.3, -0.25) is 14.5 Å². The van der Waals surface area contributed by atoms with E-state index in [0.29, 0.717) is 5.56 Å². The maximum absolute atomic E-state index is 13.3. The third-order valence-electron chi connectivity index (χ3n) is 6.95. The fourth-order valence-electron chi connectivity index (χ4n) is 4.85. The Kier molecular flexibility index (Phi) is 8.20. The molecule has 0 aliphatic carbocycles. The predicted molar refractivity (Wildman–Crippen MR) is 154 cm³/mol. The number of hydrazone groups is 1. The van der Waals surface area contributed by atoms with Gasteiger partial charge in [0.05, 0.1) is 11.2 Å². The van der Waals surface area contributed by atoms with Crippen LogP contribution >= 0.6 is 11.6 Å². The van der Waals surface area contributed by atoms with Crippen LogP contribution in [0.5, 0.6) is 5.75 Å². The molecule has 8 heteroatoms. The highest BCUT2D eigenvalue weighted by Gasteiger charge is 2.22. The molecule has 5 rings (SSSR count). The summed E-state index contributed by atoms with van der Waals surface area (Å²) in [7, 11) is 0. The van der Waals surface area contributed by atoms with Crippen molar-refractivity contribution in [3.05, 3.63) is 112 Å². The number of amides is 2. The van der Waals surface area contributed by atoms with Crippen molar-refractivity contribution >= 4 is 40.4 Å². The lowest BCUT2D eigenvalue weighted by atomic mass is 9.98. The number of nitrogens with one attached hydrogen (secondary N) is 2. The second-order valence-corrected chi connectivity index (χ2v) is 10.0. The molecular weight excluding hydrogens is 512 g/mol. The number of benzene rings is 4. The van der Waals surface area contributed by atoms with Gasteiger partial charge >= 0.3 is 0 Å². The molecule has 1 aliphatic heterocycles. The van der Waals surface area contributed by atoms with Crippen LogP contribution in [0, 0.1) is 0 Å². The average Bonchev–Trinajstić information content (AvgIpc) is 2.96. The van der Waals surface area contributed by atoms with Crippen molar-refractivity contribution in [3.8, 4) is 5.75 Å². The fraction of sp³-hybridized carbons (Fsp3) is 0.194. The zero-order valence-corrected chi connectivity index (χ0v) is 22.1. The summed E-state index contributed by atoms with van der Waals surface area (Å²) in [6.45, 7) is 2.81. The number of rotatable bonds is 7. The molecule has 7 nitrogen and oxygen atoms in total. The highest BCUT2D eigenvalue weighted by Crippen LogP contribution is 2.24. The van der Waals surface area contributed by atoms with Gasteiger partial charge in [-0.25, -0.2) is 5.43 Å². The minimum Gasteiger partial charge on any atom is -0.506 e. The summed E-state index contributed by atoms with van der Waals surface area (Å²) in [5, 5.41) is 18.6. The van der Waals surface area contributed by atoms with Gasteiger partial charge in [0.15, 0.2) is 0 Å². The number of halogens is 1. The topological polar surface area (TPSA) is 94.0 Å². The minimum atomic E-state index is -0.455. The third kappa shape index (κ3) is 6.45. The Morgan fingerprint density at radius 1 is 0.923 bits per heavy atom. The molecular formula is C31H29ClN4O3. The second-order valence-electron chi connectivity index (χ2n) is 9.62. The van der Waals surface area contributed by atoms with Crippen LogP contribution in [0.15, 0.2) is 90.0 Å². The van der Waals surface area contributed by atoms with Gasteiger partial charge in [0.25, 0.3) is 11.8 Å². The van der Waals surface area contributed by atoms with E-state index in [1.54, 1.807) is 12.3 Å². The Bertz CT molecular complexity index is 1520. The molecule has 0 saturated carbocycles. The number of hydrogen-bond donors (Lipinski definition) is 3. The molecule has 0 bridgehead atoms. The molecule has 198 valence electrons. The van der Waals surface area contributed by atoms with Crippen molar-refractivity contribution in [2.45, 2.75) is 25.4 Å². The molecule has 39 heavy (non-hydrogen) atoms. The third-order valence-corrected chi connectivity index (χ3v) is 7.26. The van der Waals surface area contributed by atoms with Crippen LogP contribution < -0.4 is 10.7 Å². The van der Waals surface area contributed by atoms with Crippen molar-refractivity contribution in [3.63, 3.8) is 0 Å². The van der Waals surface area contributed by atoms with E-state index in [1.165, 1.54) is 23.8 Å². The van der Waals surface area contributed by atoms with Crippen LogP contribution in [0.2, 0.25) is 5.02 Å². The molecule has 2 amide bonds. The molecule has 0 radical (unpaired) electrons. The molecule has 0 unspecified atom stereocenters. The Morgan fingerprint density at radius 3 is 2.38 bits per heavy atom. The molecule has 0 atom stereocenters. The zero-order valence-electron chi connectivity index (χ0n) is 21.3. The molecule has 1 fully saturated rings. The summed E-state index contributed by atoms with van der Waals surface area (Å²) < 4.78 is 0. The van der Waals surface area contributed by atoms with E-state index in [0.717, 1.165) is 48.8 Å². The van der Waals surface area contributed by atoms with E-state index in [1.807, 2.05) is 36.4 Å². The number of fused-ring (bicyclic) bond motifs is 1. The van der Waals surface area contributed by atoms with Gasteiger partial charge in [-0.2, -0.15) is 5.10 Å². The molecule has 1 aliphatic rings. The minimum absolute atomic E-state index is 0.0872. The van der Waals surface area contributed by atoms with Gasteiger partial charge in [-0.1, -0.05) is 72.3 Å². The van der Waals surface area contributed by atoms with Crippen LogP contribution in [0.4, 0.5) is 0 Å². The summed E-state index contributed by atoms with van der Waals surface area (Å²) in [6.07, 6.45) is 3.37. The number of likely N-dealkylation sites (tertiary alicyclic amines) is 1. The van der Waals surface area contributed by atoms with Gasteiger partial charge < -0.3 is 10.4 Å². The molecule has 1 heterocycles. The summed E-state index contributed by atoms with van der Waals surface area (Å²) >= 11 is 5.89. The van der Waals surface area contributed by atoms with Crippen molar-refractivity contribution in [1.29, 1.82) is 0 Å². The van der Waals surface area contributed by atoms with Crippen molar-refractivity contribution in [1.82, 2.24) is 15.6 Å². The Morgan fingerprint density at radius 2 is 1.64 bits per heavy atom. The number of hydrogen-bond acceptors (Lipinski definition) is 5. The largest absolute Gasteiger partial charge is 0.506 e. The first kappa shape index (κ1) is 26.4. The molecule has 0 spiro atoms. The lowest BCUT2D eigenvalue weighted by Gasteiger charge is -2.32. The Balaban J connectivity index is 1.23. The molecule has 4 aromatic rings. The quantitative estimate of drug-likeness (QED) is 0.217. The van der Waals surface area contributed by atoms with Gasteiger partial charge in [0, 0.05) is 42.4 Å². The Hall–Kier alpha value is -4.20. The van der Waals surface area contributed by atoms with E-state index in [-0.39, 0.29) is 28.3 Å². The lowest BCUT2D eigenvalue weighted by Crippen LogP contribution is -2.44. The summed E-state index contributed by atoms with van der Waals surface area (Å²) in [6, 6.07) is 26.0. The maximum Gasteiger partial charge on any atom is 0.271 e. The number of piperidine rings is 1. The van der Waals surface area contributed by atoms with Crippen LogP contribution in [0.3, 0.4) is 0 Å². The maximum atomic E-state index is 13.3. The number of phenolic OH excluding ortho intramolecular Hbond substituents is 1. The highest BCUT2D eigenvalue weighted by molar-refractivity contribution is 6.32. The molecule has 4 aromatic carbocycles. The summed E-state index contributed by atoms with van der Waals surface area (Å²) in [5.74, 6) is -0.641. The van der Waals surface area contributed by atoms with Crippen LogP contribution in [-0.4, -0.2) is 47.2 Å². The van der Waals surface area contributed by atoms with E-state index < -0.39 is 5.91 Å². The van der Waals surface area contributed by atoms with E-state index in [9.17, 15) is 14.7 Å². The summed E-state index contributed by atoms with van der Waals surface area (Å²) in [4.78, 5) is 28.1. The first-order chi connectivity index (χ1) is 19.0. The SMILES string of the molecule is O=C(NN=Cc1ccc(C(=O)NC2CCN(Cc3ccccc3)CC2)c2ccccc12)c1ccc(O)c(Cl)c1. The smallest absolute Gasteiger partial charge is 0.271 e. The van der Waals surface area contributed by atoms with Crippen LogP contribution in [0.25, 0.3) is 10.8 Å². The number of aromatic hydroxyl groups is 1. The van der Waals surface area contributed by atoms with Gasteiger partial charge in [-0.05, 0) is 53.4 Å². The van der Waals surface area contributed by atoms with E-state index >= 15 is 0 Å². The van der Waals surface area contributed by atoms with E-state index in [4.69, 9.17) is 11.6 Å². The van der Waals surface area contributed by atoms with Crippen LogP contribution in [-0.2, 0) is 6.54 Å². The first-order valence-corrected chi connectivity index (χ1v) is 13.3. The van der Waals surface area contributed by atoms with E-state index in [2.05, 4.69) is 45.0 Å². The number of phenols is 1. The van der Waals surface area contributed by atoms with Crippen molar-refractivity contribution < 1.29 is 14.7 Å². The number of carbonyl (C=O) groups is 2. The Labute approximate surface area is 232 Å². The van der Waals surface area contributed by atoms with Gasteiger partial charge in [0.2, 0.25) is 0 Å². The van der Waals surface area contributed by atoms with Crippen molar-refractivity contribution in [2.24, 2.45) is 5.10 Å². The average molecular weight is 541 g/mol. The standard InChI is InChI=1S/C31H29ClN4O3/c32-28-18-22(11-13-29(28)37)30(38)35-33-19-23-10-12-27(26-9-5-4-8-25(23)26)31(39)34-24-14-16-36(17-15-24)20-21-6-2-1-3-7-21/h1-13,18-19,24,37H,14-17,20H2,(H,34,39)(H,35,38). The zero-order chi connectivity index (χ0) is 27.2. The molecule has 1 saturated heterocycles. The monoisotopic (exact) mass is 540 g/mol. The van der Waals surface area contributed by atoms with Gasteiger partial charge in [0.1, 0.15) is 5.75 Å². The molecule has 0 aromatic heterocycles. The highest BCUT2D eigenvalue weighted by atomic mass is 35.5. The fourth-order valence-corrected chi connectivity index (χ4v) is 5.03. The number of carbonyl (C=O) groups excluding carboxylic acids is 2. The number of nitrogens with zero attached hydrogens (tertiary/aromatic N) is 2. The lowest BCUT2D eigenvalue weighted by molar-refractivity contribution is 0.0909. The van der Waals surface area contributed by atoms with Crippen molar-refractivity contribution in [2.75, 3.05) is 13.1 Å². The summed E-state index contributed by atoms with van der Waals surface area (Å²) in [5.41, 5.74) is 5.43. The van der Waals surface area contributed by atoms with Gasteiger partial charge in [-0.15, -0.1) is 0 Å². The molecule has 3 N–H and O–H groups in total.